The van der Waals surface area contributed by atoms with Gasteiger partial charge < -0.3 is 14.6 Å². The van der Waals surface area contributed by atoms with Crippen molar-refractivity contribution in [3.8, 4) is 16.9 Å². The van der Waals surface area contributed by atoms with Gasteiger partial charge in [-0.15, -0.1) is 0 Å². The van der Waals surface area contributed by atoms with E-state index in [2.05, 4.69) is 19.1 Å². The van der Waals surface area contributed by atoms with E-state index in [0.717, 1.165) is 83.1 Å². The number of rotatable bonds is 9. The predicted molar refractivity (Wildman–Crippen MR) is 153 cm³/mol. The number of ether oxygens (including phenoxy) is 2. The van der Waals surface area contributed by atoms with E-state index >= 15 is 0 Å². The summed E-state index contributed by atoms with van der Waals surface area (Å²) in [5, 5.41) is 11.4. The standard InChI is InChI=1S/C34H38O5/c1-3-5-12-39-31-27(24-6-8-25(9-7-24)32(35)36)11-10-26-16-29(33(37)38-4-2)30(17-28(26)31)34-18-21-13-22(19-34)15-23(14-21)20-34/h6-11,16-17,21-23H,3-5,12-15,18-20H2,1-2H3,(H,35,36). The monoisotopic (exact) mass is 526 g/mol. The topological polar surface area (TPSA) is 72.8 Å². The Kier molecular flexibility index (Phi) is 6.86. The average molecular weight is 527 g/mol. The molecular weight excluding hydrogens is 488 g/mol. The third kappa shape index (κ3) is 4.70. The number of benzene rings is 3. The average Bonchev–Trinajstić information content (AvgIpc) is 2.92. The SMILES string of the molecule is CCCCOc1c(-c2ccc(C(=O)O)cc2)ccc2cc(C(=O)OCC)c(C34CC5CC(CC(C5)C3)C4)cc12. The first-order valence-corrected chi connectivity index (χ1v) is 14.7. The number of hydrogen-bond donors (Lipinski definition) is 1. The highest BCUT2D eigenvalue weighted by Gasteiger charge is 2.52. The van der Waals surface area contributed by atoms with Crippen molar-refractivity contribution in [2.24, 2.45) is 17.8 Å². The highest BCUT2D eigenvalue weighted by Crippen LogP contribution is 2.61. The molecule has 3 aromatic rings. The second kappa shape index (κ2) is 10.3. The molecule has 0 saturated heterocycles. The van der Waals surface area contributed by atoms with Gasteiger partial charge in [-0.3, -0.25) is 0 Å². The predicted octanol–water partition coefficient (Wildman–Crippen LogP) is 8.03. The van der Waals surface area contributed by atoms with Crippen LogP contribution < -0.4 is 4.74 Å². The number of unbranched alkanes of at least 4 members (excludes halogenated alkanes) is 1. The van der Waals surface area contributed by atoms with Crippen molar-refractivity contribution >= 4 is 22.7 Å². The maximum atomic E-state index is 13.4. The summed E-state index contributed by atoms with van der Waals surface area (Å²) in [6, 6.07) is 15.4. The first-order valence-electron chi connectivity index (χ1n) is 14.7. The fourth-order valence-corrected chi connectivity index (χ4v) is 8.10. The van der Waals surface area contributed by atoms with E-state index in [1.807, 2.05) is 31.2 Å². The molecule has 0 radical (unpaired) electrons. The highest BCUT2D eigenvalue weighted by atomic mass is 16.5. The van der Waals surface area contributed by atoms with Crippen LogP contribution in [0.15, 0.2) is 48.5 Å². The minimum absolute atomic E-state index is 0.0187. The number of esters is 1. The molecule has 0 atom stereocenters. The number of carbonyl (C=O) groups is 2. The summed E-state index contributed by atoms with van der Waals surface area (Å²) in [7, 11) is 0. The van der Waals surface area contributed by atoms with Gasteiger partial charge >= 0.3 is 11.9 Å². The first-order chi connectivity index (χ1) is 18.9. The molecule has 1 N–H and O–H groups in total. The summed E-state index contributed by atoms with van der Waals surface area (Å²) in [6.07, 6.45) is 9.43. The van der Waals surface area contributed by atoms with Gasteiger partial charge in [-0.05, 0) is 116 Å². The Balaban J connectivity index is 1.54. The highest BCUT2D eigenvalue weighted by molar-refractivity contribution is 6.02. The second-order valence-electron chi connectivity index (χ2n) is 12.1. The number of hydrogen-bond acceptors (Lipinski definition) is 4. The maximum Gasteiger partial charge on any atom is 0.338 e. The van der Waals surface area contributed by atoms with E-state index in [4.69, 9.17) is 9.47 Å². The number of carboxylic acid groups (broad SMARTS) is 1. The van der Waals surface area contributed by atoms with E-state index in [1.54, 1.807) is 12.1 Å². The first kappa shape index (κ1) is 25.9. The molecule has 4 fully saturated rings. The minimum atomic E-state index is -0.939. The van der Waals surface area contributed by atoms with Gasteiger partial charge in [0.25, 0.3) is 0 Å². The Morgan fingerprint density at radius 3 is 2.18 bits per heavy atom. The Hall–Kier alpha value is -3.34. The fraction of sp³-hybridized carbons (Fsp3) is 0.471. The van der Waals surface area contributed by atoms with E-state index in [0.29, 0.717) is 18.8 Å². The van der Waals surface area contributed by atoms with Crippen LogP contribution in [-0.4, -0.2) is 30.3 Å². The van der Waals surface area contributed by atoms with E-state index in [-0.39, 0.29) is 16.9 Å². The molecule has 0 spiro atoms. The third-order valence-electron chi connectivity index (χ3n) is 9.40. The van der Waals surface area contributed by atoms with Gasteiger partial charge in [-0.2, -0.15) is 0 Å². The summed E-state index contributed by atoms with van der Waals surface area (Å²) >= 11 is 0. The van der Waals surface area contributed by atoms with Crippen molar-refractivity contribution in [2.75, 3.05) is 13.2 Å². The normalized spacial score (nSPS) is 25.1. The van der Waals surface area contributed by atoms with E-state index < -0.39 is 5.97 Å². The zero-order chi connectivity index (χ0) is 27.1. The lowest BCUT2D eigenvalue weighted by atomic mass is 9.47. The summed E-state index contributed by atoms with van der Waals surface area (Å²) in [5.41, 5.74) is 3.99. The van der Waals surface area contributed by atoms with Gasteiger partial charge in [-0.25, -0.2) is 9.59 Å². The molecule has 5 heteroatoms. The molecule has 0 aliphatic heterocycles. The van der Waals surface area contributed by atoms with Gasteiger partial charge in [0.05, 0.1) is 24.3 Å². The minimum Gasteiger partial charge on any atom is -0.492 e. The molecule has 0 unspecified atom stereocenters. The maximum absolute atomic E-state index is 13.4. The number of fused-ring (bicyclic) bond motifs is 1. The Morgan fingerprint density at radius 2 is 1.59 bits per heavy atom. The molecule has 4 saturated carbocycles. The van der Waals surface area contributed by atoms with Crippen LogP contribution >= 0.6 is 0 Å². The fourth-order valence-electron chi connectivity index (χ4n) is 8.10. The molecule has 5 nitrogen and oxygen atoms in total. The Labute approximate surface area is 230 Å². The van der Waals surface area contributed by atoms with Gasteiger partial charge in [0, 0.05) is 10.9 Å². The number of aromatic carboxylic acids is 1. The lowest BCUT2D eigenvalue weighted by molar-refractivity contribution is -0.00599. The molecule has 3 aromatic carbocycles. The van der Waals surface area contributed by atoms with Crippen LogP contribution in [-0.2, 0) is 10.2 Å². The Morgan fingerprint density at radius 1 is 0.923 bits per heavy atom. The number of carboxylic acids is 1. The summed E-state index contributed by atoms with van der Waals surface area (Å²) in [4.78, 5) is 24.8. The van der Waals surface area contributed by atoms with E-state index in [1.165, 1.54) is 19.3 Å². The van der Waals surface area contributed by atoms with Crippen LogP contribution in [0.1, 0.15) is 91.5 Å². The Bertz CT molecular complexity index is 1370. The smallest absolute Gasteiger partial charge is 0.338 e. The molecule has 4 aliphatic carbocycles. The van der Waals surface area contributed by atoms with Crippen molar-refractivity contribution in [3.05, 3.63) is 65.2 Å². The molecule has 0 aromatic heterocycles. The molecule has 39 heavy (non-hydrogen) atoms. The molecule has 0 heterocycles. The van der Waals surface area contributed by atoms with Gasteiger partial charge in [0.15, 0.2) is 0 Å². The lowest BCUT2D eigenvalue weighted by Crippen LogP contribution is -2.49. The van der Waals surface area contributed by atoms with Crippen LogP contribution in [0, 0.1) is 17.8 Å². The van der Waals surface area contributed by atoms with Crippen molar-refractivity contribution < 1.29 is 24.2 Å². The molecule has 4 bridgehead atoms. The zero-order valence-corrected chi connectivity index (χ0v) is 23.0. The third-order valence-corrected chi connectivity index (χ3v) is 9.40. The summed E-state index contributed by atoms with van der Waals surface area (Å²) in [6.45, 7) is 4.97. The largest absolute Gasteiger partial charge is 0.492 e. The van der Waals surface area contributed by atoms with Crippen LogP contribution in [0.2, 0.25) is 0 Å². The van der Waals surface area contributed by atoms with E-state index in [9.17, 15) is 14.7 Å². The van der Waals surface area contributed by atoms with Crippen molar-refractivity contribution in [2.45, 2.75) is 70.6 Å². The lowest BCUT2D eigenvalue weighted by Gasteiger charge is -2.57. The van der Waals surface area contributed by atoms with Crippen molar-refractivity contribution in [1.29, 1.82) is 0 Å². The second-order valence-corrected chi connectivity index (χ2v) is 12.1. The summed E-state index contributed by atoms with van der Waals surface area (Å²) in [5.74, 6) is 1.90. The van der Waals surface area contributed by atoms with Crippen LogP contribution in [0.25, 0.3) is 21.9 Å². The van der Waals surface area contributed by atoms with Crippen LogP contribution in [0.5, 0.6) is 5.75 Å². The van der Waals surface area contributed by atoms with Crippen LogP contribution in [0.4, 0.5) is 0 Å². The van der Waals surface area contributed by atoms with Gasteiger partial charge in [-0.1, -0.05) is 37.6 Å². The van der Waals surface area contributed by atoms with Gasteiger partial charge in [0.2, 0.25) is 0 Å². The summed E-state index contributed by atoms with van der Waals surface area (Å²) < 4.78 is 12.1. The molecule has 4 aliphatic rings. The quantitative estimate of drug-likeness (QED) is 0.226. The van der Waals surface area contributed by atoms with Crippen molar-refractivity contribution in [3.63, 3.8) is 0 Å². The van der Waals surface area contributed by atoms with Gasteiger partial charge in [0.1, 0.15) is 5.75 Å². The zero-order valence-electron chi connectivity index (χ0n) is 23.0. The van der Waals surface area contributed by atoms with Crippen LogP contribution in [0.3, 0.4) is 0 Å². The molecule has 7 rings (SSSR count). The molecular formula is C34H38O5. The van der Waals surface area contributed by atoms with Crippen molar-refractivity contribution in [1.82, 2.24) is 0 Å². The number of carbonyl (C=O) groups excluding carboxylic acids is 1. The molecule has 204 valence electrons. The molecule has 0 amide bonds.